The molecule has 0 spiro atoms. The average molecular weight is 470 g/mol. The Morgan fingerprint density at radius 3 is 2.53 bits per heavy atom. The van der Waals surface area contributed by atoms with Gasteiger partial charge in [-0.15, -0.1) is 6.42 Å². The van der Waals surface area contributed by atoms with Crippen molar-refractivity contribution < 1.29 is 9.15 Å². The fourth-order valence-corrected chi connectivity index (χ4v) is 4.42. The number of terminal acetylenes is 1. The molecule has 0 aliphatic rings. The molecule has 2 aromatic heterocycles. The van der Waals surface area contributed by atoms with Gasteiger partial charge in [0.15, 0.2) is 5.58 Å². The van der Waals surface area contributed by atoms with Crippen LogP contribution in [0.25, 0.3) is 55.7 Å². The number of rotatable bonds is 5. The van der Waals surface area contributed by atoms with E-state index in [1.165, 1.54) is 5.56 Å². The maximum absolute atomic E-state index is 6.15. The summed E-state index contributed by atoms with van der Waals surface area (Å²) >= 11 is 0. The zero-order chi connectivity index (χ0) is 24.6. The zero-order valence-electron chi connectivity index (χ0n) is 20.0. The minimum Gasteiger partial charge on any atom is -0.481 e. The summed E-state index contributed by atoms with van der Waals surface area (Å²) in [5, 5.41) is 3.01. The molecule has 0 radical (unpaired) electrons. The smallest absolute Gasteiger partial charge is 0.266 e. The van der Waals surface area contributed by atoms with E-state index in [4.69, 9.17) is 30.5 Å². The molecular weight excluding hydrogens is 446 g/mol. The van der Waals surface area contributed by atoms with Crippen molar-refractivity contribution in [2.75, 3.05) is 6.61 Å². The third kappa shape index (κ3) is 3.83. The molecule has 0 fully saturated rings. The lowest BCUT2D eigenvalue weighted by molar-refractivity contribution is 0.371. The highest BCUT2D eigenvalue weighted by Gasteiger charge is 2.18. The Morgan fingerprint density at radius 2 is 1.72 bits per heavy atom. The fraction of sp³-hybridized carbons (Fsp3) is 0.129. The first kappa shape index (κ1) is 21.8. The SMILES string of the molecule is C#CCOc1ccc2nc(-c3nc4c(ccc5ccccc54)o3)nc(-c3ccc(C(C)C)cc3)c2c1. The maximum atomic E-state index is 6.15. The minimum absolute atomic E-state index is 0.194. The van der Waals surface area contributed by atoms with Gasteiger partial charge < -0.3 is 9.15 Å². The van der Waals surface area contributed by atoms with Gasteiger partial charge in [0.05, 0.1) is 11.2 Å². The highest BCUT2D eigenvalue weighted by atomic mass is 16.5. The second kappa shape index (κ2) is 8.83. The largest absolute Gasteiger partial charge is 0.481 e. The summed E-state index contributed by atoms with van der Waals surface area (Å²) in [6.07, 6.45) is 5.38. The lowest BCUT2D eigenvalue weighted by Crippen LogP contribution is -1.98. The number of aromatic nitrogens is 3. The van der Waals surface area contributed by atoms with Crippen LogP contribution in [0.2, 0.25) is 0 Å². The van der Waals surface area contributed by atoms with Crippen molar-refractivity contribution in [3.05, 3.63) is 84.4 Å². The Morgan fingerprint density at radius 1 is 0.889 bits per heavy atom. The van der Waals surface area contributed by atoms with Crippen molar-refractivity contribution in [3.8, 4) is 41.1 Å². The summed E-state index contributed by atoms with van der Waals surface area (Å²) in [7, 11) is 0. The van der Waals surface area contributed by atoms with Gasteiger partial charge in [-0.25, -0.2) is 15.0 Å². The second-order valence-electron chi connectivity index (χ2n) is 9.00. The molecule has 0 N–H and O–H groups in total. The molecule has 36 heavy (non-hydrogen) atoms. The number of oxazole rings is 1. The van der Waals surface area contributed by atoms with Crippen LogP contribution in [0.1, 0.15) is 25.3 Å². The summed E-state index contributed by atoms with van der Waals surface area (Å²) in [5.41, 5.74) is 5.29. The number of hydrogen-bond acceptors (Lipinski definition) is 5. The van der Waals surface area contributed by atoms with E-state index < -0.39 is 0 Å². The van der Waals surface area contributed by atoms with Gasteiger partial charge in [0.1, 0.15) is 17.9 Å². The molecule has 2 heterocycles. The van der Waals surface area contributed by atoms with Crippen LogP contribution in [0.15, 0.2) is 83.3 Å². The Bertz CT molecular complexity index is 1780. The van der Waals surface area contributed by atoms with E-state index in [2.05, 4.69) is 50.1 Å². The molecule has 0 amide bonds. The van der Waals surface area contributed by atoms with E-state index in [1.54, 1.807) is 0 Å². The van der Waals surface area contributed by atoms with Crippen molar-refractivity contribution in [2.24, 2.45) is 0 Å². The van der Waals surface area contributed by atoms with Crippen LogP contribution in [-0.4, -0.2) is 21.6 Å². The molecule has 5 nitrogen and oxygen atoms in total. The minimum atomic E-state index is 0.194. The molecule has 0 atom stereocenters. The van der Waals surface area contributed by atoms with Crippen molar-refractivity contribution >= 4 is 32.8 Å². The topological polar surface area (TPSA) is 61.0 Å². The first-order chi connectivity index (χ1) is 17.6. The third-order valence-corrected chi connectivity index (χ3v) is 6.31. The lowest BCUT2D eigenvalue weighted by atomic mass is 9.99. The number of nitrogens with zero attached hydrogens (tertiary/aromatic N) is 3. The van der Waals surface area contributed by atoms with E-state index >= 15 is 0 Å². The fourth-order valence-electron chi connectivity index (χ4n) is 4.42. The van der Waals surface area contributed by atoms with E-state index in [0.717, 1.165) is 38.4 Å². The quantitative estimate of drug-likeness (QED) is 0.246. The van der Waals surface area contributed by atoms with Crippen LogP contribution in [0.5, 0.6) is 5.75 Å². The highest BCUT2D eigenvalue weighted by Crippen LogP contribution is 2.34. The Labute approximate surface area is 208 Å². The van der Waals surface area contributed by atoms with E-state index in [1.807, 2.05) is 48.5 Å². The van der Waals surface area contributed by atoms with Gasteiger partial charge >= 0.3 is 0 Å². The van der Waals surface area contributed by atoms with Gasteiger partial charge in [-0.1, -0.05) is 74.4 Å². The Balaban J connectivity index is 1.55. The van der Waals surface area contributed by atoms with Crippen molar-refractivity contribution in [3.63, 3.8) is 0 Å². The summed E-state index contributed by atoms with van der Waals surface area (Å²) in [4.78, 5) is 14.6. The first-order valence-corrected chi connectivity index (χ1v) is 11.9. The Kier molecular flexibility index (Phi) is 5.35. The summed E-state index contributed by atoms with van der Waals surface area (Å²) in [6.45, 7) is 4.55. The van der Waals surface area contributed by atoms with Crippen LogP contribution in [0.4, 0.5) is 0 Å². The van der Waals surface area contributed by atoms with Crippen LogP contribution in [0.3, 0.4) is 0 Å². The van der Waals surface area contributed by atoms with E-state index in [0.29, 0.717) is 29.0 Å². The zero-order valence-corrected chi connectivity index (χ0v) is 20.0. The highest BCUT2D eigenvalue weighted by molar-refractivity contribution is 6.04. The van der Waals surface area contributed by atoms with Gasteiger partial charge in [0.25, 0.3) is 5.89 Å². The summed E-state index contributed by atoms with van der Waals surface area (Å²) in [6, 6.07) is 26.3. The first-order valence-electron chi connectivity index (χ1n) is 11.9. The third-order valence-electron chi connectivity index (χ3n) is 6.31. The molecule has 6 rings (SSSR count). The Hall–Kier alpha value is -4.69. The lowest BCUT2D eigenvalue weighted by Gasteiger charge is -2.11. The standard InChI is InChI=1S/C31H23N3O2/c1-4-17-35-23-14-15-26-25(18-23)28(22-11-9-20(10-12-22)19(2)3)33-30(32-26)31-34-29-24-8-6-5-7-21(24)13-16-27(29)36-31/h1,5-16,18-19H,17H2,2-3H3. The van der Waals surface area contributed by atoms with E-state index in [9.17, 15) is 0 Å². The van der Waals surface area contributed by atoms with E-state index in [-0.39, 0.29) is 6.61 Å². The maximum Gasteiger partial charge on any atom is 0.266 e. The number of hydrogen-bond donors (Lipinski definition) is 0. The molecule has 0 aliphatic carbocycles. The van der Waals surface area contributed by atoms with Crippen molar-refractivity contribution in [1.82, 2.24) is 15.0 Å². The van der Waals surface area contributed by atoms with Gasteiger partial charge in [-0.05, 0) is 41.1 Å². The average Bonchev–Trinajstić information content (AvgIpc) is 3.36. The molecule has 174 valence electrons. The number of benzene rings is 4. The molecule has 0 unspecified atom stereocenters. The number of fused-ring (bicyclic) bond motifs is 4. The van der Waals surface area contributed by atoms with Crippen LogP contribution in [0, 0.1) is 12.3 Å². The normalized spacial score (nSPS) is 11.4. The molecule has 4 aromatic carbocycles. The molecule has 0 saturated carbocycles. The van der Waals surface area contributed by atoms with Crippen LogP contribution < -0.4 is 4.74 Å². The monoisotopic (exact) mass is 469 g/mol. The molecule has 6 aromatic rings. The molecule has 5 heteroatoms. The molecule has 0 aliphatic heterocycles. The molecular formula is C31H23N3O2. The van der Waals surface area contributed by atoms with Gasteiger partial charge in [0, 0.05) is 16.3 Å². The predicted octanol–water partition coefficient (Wildman–Crippen LogP) is 7.39. The van der Waals surface area contributed by atoms with Crippen molar-refractivity contribution in [1.29, 1.82) is 0 Å². The summed E-state index contributed by atoms with van der Waals surface area (Å²) in [5.74, 6) is 4.44. The van der Waals surface area contributed by atoms with Crippen LogP contribution in [-0.2, 0) is 0 Å². The molecule has 0 bridgehead atoms. The van der Waals surface area contributed by atoms with Crippen molar-refractivity contribution in [2.45, 2.75) is 19.8 Å². The van der Waals surface area contributed by atoms with Crippen LogP contribution >= 0.6 is 0 Å². The van der Waals surface area contributed by atoms with Gasteiger partial charge in [0.2, 0.25) is 5.82 Å². The predicted molar refractivity (Wildman–Crippen MR) is 144 cm³/mol. The van der Waals surface area contributed by atoms with Gasteiger partial charge in [-0.3, -0.25) is 0 Å². The molecule has 0 saturated heterocycles. The summed E-state index contributed by atoms with van der Waals surface area (Å²) < 4.78 is 11.8. The second-order valence-corrected chi connectivity index (χ2v) is 9.00. The number of ether oxygens (including phenoxy) is 1. The van der Waals surface area contributed by atoms with Gasteiger partial charge in [-0.2, -0.15) is 0 Å².